The molecule has 0 unspecified atom stereocenters. The Morgan fingerprint density at radius 3 is 2.69 bits per heavy atom. The number of carbonyl (C=O) groups excluding carboxylic acids is 2. The molecule has 3 rings (SSSR count). The second kappa shape index (κ2) is 9.77. The molecule has 2 aromatic rings. The Morgan fingerprint density at radius 1 is 1.28 bits per heavy atom. The van der Waals surface area contributed by atoms with Crippen LogP contribution in [0.25, 0.3) is 0 Å². The first-order valence-corrected chi connectivity index (χ1v) is 10.0. The molecular formula is C21H24F2N4O5. The van der Waals surface area contributed by atoms with Crippen LogP contribution in [0.1, 0.15) is 39.8 Å². The molecule has 0 saturated heterocycles. The number of rotatable bonds is 8. The highest BCUT2D eigenvalue weighted by Gasteiger charge is 2.33. The zero-order valence-corrected chi connectivity index (χ0v) is 17.7. The third kappa shape index (κ3) is 4.57. The summed E-state index contributed by atoms with van der Waals surface area (Å²) in [6.45, 7) is 2.90. The van der Waals surface area contributed by atoms with Crippen molar-refractivity contribution in [1.82, 2.24) is 14.9 Å². The van der Waals surface area contributed by atoms with Crippen molar-refractivity contribution in [3.05, 3.63) is 63.1 Å². The average molecular weight is 450 g/mol. The highest BCUT2D eigenvalue weighted by Crippen LogP contribution is 2.21. The fourth-order valence-electron chi connectivity index (χ4n) is 3.40. The lowest BCUT2D eigenvalue weighted by atomic mass is 10.1. The van der Waals surface area contributed by atoms with E-state index < -0.39 is 40.2 Å². The number of aromatic nitrogens is 1. The highest BCUT2D eigenvalue weighted by molar-refractivity contribution is 5.99. The maximum Gasteiger partial charge on any atom is 0.277 e. The molecule has 0 fully saturated rings. The van der Waals surface area contributed by atoms with Crippen molar-refractivity contribution in [2.24, 2.45) is 0 Å². The lowest BCUT2D eigenvalue weighted by Crippen LogP contribution is -2.54. The van der Waals surface area contributed by atoms with Gasteiger partial charge in [0.25, 0.3) is 11.8 Å². The van der Waals surface area contributed by atoms with Gasteiger partial charge in [-0.2, -0.15) is 0 Å². The van der Waals surface area contributed by atoms with Crippen LogP contribution in [0.2, 0.25) is 0 Å². The van der Waals surface area contributed by atoms with Crippen molar-refractivity contribution in [1.29, 1.82) is 0 Å². The Labute approximate surface area is 182 Å². The fourth-order valence-corrected chi connectivity index (χ4v) is 3.40. The van der Waals surface area contributed by atoms with E-state index >= 15 is 0 Å². The molecule has 9 nitrogen and oxygen atoms in total. The summed E-state index contributed by atoms with van der Waals surface area (Å²) in [7, 11) is 1.56. The Balaban J connectivity index is 1.93. The molecule has 2 heterocycles. The Kier molecular flexibility index (Phi) is 7.08. The number of ether oxygens (including phenoxy) is 1. The van der Waals surface area contributed by atoms with E-state index in [1.807, 2.05) is 0 Å². The lowest BCUT2D eigenvalue weighted by molar-refractivity contribution is 0.0693. The molecule has 1 aliphatic rings. The summed E-state index contributed by atoms with van der Waals surface area (Å²) < 4.78 is 33.2. The summed E-state index contributed by atoms with van der Waals surface area (Å²) in [5.41, 5.74) is -1.64. The molecule has 1 aliphatic heterocycles. The van der Waals surface area contributed by atoms with Crippen molar-refractivity contribution in [2.45, 2.75) is 19.9 Å². The van der Waals surface area contributed by atoms with Gasteiger partial charge in [0.1, 0.15) is 23.9 Å². The van der Waals surface area contributed by atoms with E-state index in [0.29, 0.717) is 32.2 Å². The van der Waals surface area contributed by atoms with Crippen molar-refractivity contribution < 1.29 is 28.2 Å². The maximum atomic E-state index is 13.8. The molecule has 0 atom stereocenters. The molecule has 11 heteroatoms. The number of carbonyl (C=O) groups is 2. The average Bonchev–Trinajstić information content (AvgIpc) is 2.76. The van der Waals surface area contributed by atoms with E-state index in [0.717, 1.165) is 6.07 Å². The second-order valence-electron chi connectivity index (χ2n) is 7.21. The van der Waals surface area contributed by atoms with E-state index in [1.54, 1.807) is 19.0 Å². The molecule has 0 spiro atoms. The van der Waals surface area contributed by atoms with Crippen molar-refractivity contribution in [3.8, 4) is 5.75 Å². The molecule has 0 saturated carbocycles. The lowest BCUT2D eigenvalue weighted by Gasteiger charge is -2.39. The van der Waals surface area contributed by atoms with Gasteiger partial charge < -0.3 is 20.1 Å². The molecule has 0 bridgehead atoms. The first-order chi connectivity index (χ1) is 15.3. The normalized spacial score (nSPS) is 13.3. The molecule has 32 heavy (non-hydrogen) atoms. The number of fused-ring (bicyclic) bond motifs is 1. The summed E-state index contributed by atoms with van der Waals surface area (Å²) >= 11 is 0. The zero-order valence-electron chi connectivity index (χ0n) is 17.7. The number of amides is 2. The standard InChI is InChI=1S/C21H24F2N4O5/c1-3-25-12-26(7-4-8-32-2)27-11-15(18(28)19(29)17(27)21(25)31)20(30)24-10-13-5-6-14(22)9-16(13)23/h5-6,9,11,29H,3-4,7-8,10,12H2,1-2H3,(H,24,30). The van der Waals surface area contributed by atoms with Crippen LogP contribution in [-0.4, -0.2) is 60.0 Å². The molecule has 172 valence electrons. The van der Waals surface area contributed by atoms with Gasteiger partial charge in [-0.15, -0.1) is 0 Å². The van der Waals surface area contributed by atoms with Crippen LogP contribution < -0.4 is 15.8 Å². The minimum absolute atomic E-state index is 0.0250. The summed E-state index contributed by atoms with van der Waals surface area (Å²) in [5, 5.41) is 14.6. The smallest absolute Gasteiger partial charge is 0.277 e. The Morgan fingerprint density at radius 2 is 2.03 bits per heavy atom. The van der Waals surface area contributed by atoms with E-state index in [2.05, 4.69) is 5.32 Å². The van der Waals surface area contributed by atoms with Gasteiger partial charge in [0.2, 0.25) is 5.43 Å². The summed E-state index contributed by atoms with van der Waals surface area (Å²) in [6.07, 6.45) is 1.78. The van der Waals surface area contributed by atoms with E-state index in [1.165, 1.54) is 21.8 Å². The van der Waals surface area contributed by atoms with Gasteiger partial charge in [0.15, 0.2) is 11.4 Å². The van der Waals surface area contributed by atoms with Crippen LogP contribution in [0.15, 0.2) is 29.2 Å². The van der Waals surface area contributed by atoms with Crippen molar-refractivity contribution >= 4 is 11.8 Å². The number of hydrogen-bond acceptors (Lipinski definition) is 6. The third-order valence-corrected chi connectivity index (χ3v) is 5.14. The molecule has 1 aromatic heterocycles. The molecule has 0 radical (unpaired) electrons. The van der Waals surface area contributed by atoms with Gasteiger partial charge in [-0.3, -0.25) is 24.1 Å². The quantitative estimate of drug-likeness (QED) is 0.586. The fraction of sp³-hybridized carbons (Fsp3) is 0.381. The van der Waals surface area contributed by atoms with E-state index in [9.17, 15) is 28.3 Å². The van der Waals surface area contributed by atoms with Crippen LogP contribution >= 0.6 is 0 Å². The third-order valence-electron chi connectivity index (χ3n) is 5.14. The Bertz CT molecular complexity index is 1090. The molecular weight excluding hydrogens is 426 g/mol. The first-order valence-electron chi connectivity index (χ1n) is 10.0. The minimum Gasteiger partial charge on any atom is -0.502 e. The van der Waals surface area contributed by atoms with Crippen LogP contribution in [0, 0.1) is 11.6 Å². The van der Waals surface area contributed by atoms with Crippen LogP contribution in [-0.2, 0) is 11.3 Å². The van der Waals surface area contributed by atoms with Gasteiger partial charge in [-0.05, 0) is 19.4 Å². The first kappa shape index (κ1) is 23.2. The second-order valence-corrected chi connectivity index (χ2v) is 7.21. The Hall–Kier alpha value is -3.47. The number of methoxy groups -OCH3 is 1. The number of halogens is 2. The number of nitrogens with zero attached hydrogens (tertiary/aromatic N) is 3. The summed E-state index contributed by atoms with van der Waals surface area (Å²) in [4.78, 5) is 39.5. The predicted octanol–water partition coefficient (Wildman–Crippen LogP) is 1.17. The number of nitrogens with one attached hydrogen (secondary N) is 1. The van der Waals surface area contributed by atoms with Crippen LogP contribution in [0.5, 0.6) is 5.75 Å². The summed E-state index contributed by atoms with van der Waals surface area (Å²) in [6, 6.07) is 2.91. The molecule has 1 aromatic carbocycles. The zero-order chi connectivity index (χ0) is 23.4. The number of aromatic hydroxyl groups is 1. The monoisotopic (exact) mass is 450 g/mol. The van der Waals surface area contributed by atoms with Gasteiger partial charge in [0.05, 0.1) is 0 Å². The van der Waals surface area contributed by atoms with Gasteiger partial charge in [-0.1, -0.05) is 6.07 Å². The number of pyridine rings is 1. The molecule has 2 amide bonds. The van der Waals surface area contributed by atoms with E-state index in [4.69, 9.17) is 4.74 Å². The van der Waals surface area contributed by atoms with Gasteiger partial charge in [0, 0.05) is 51.2 Å². The summed E-state index contributed by atoms with van der Waals surface area (Å²) in [5.74, 6) is -3.85. The van der Waals surface area contributed by atoms with Gasteiger partial charge in [-0.25, -0.2) is 8.78 Å². The molecule has 2 N–H and O–H groups in total. The van der Waals surface area contributed by atoms with E-state index in [-0.39, 0.29) is 24.5 Å². The largest absolute Gasteiger partial charge is 0.502 e. The number of benzene rings is 1. The number of hydrogen-bond donors (Lipinski definition) is 2. The molecule has 0 aliphatic carbocycles. The topological polar surface area (TPSA) is 104 Å². The van der Waals surface area contributed by atoms with Crippen molar-refractivity contribution in [3.63, 3.8) is 0 Å². The van der Waals surface area contributed by atoms with Crippen LogP contribution in [0.3, 0.4) is 0 Å². The SMILES string of the molecule is CCN1CN(CCCOC)n2cc(C(=O)NCc3ccc(F)cc3F)c(=O)c(O)c2C1=O. The minimum atomic E-state index is -1.02. The maximum absolute atomic E-state index is 13.8. The highest BCUT2D eigenvalue weighted by atomic mass is 19.1. The predicted molar refractivity (Wildman–Crippen MR) is 111 cm³/mol. The van der Waals surface area contributed by atoms with Gasteiger partial charge >= 0.3 is 0 Å². The van der Waals surface area contributed by atoms with Crippen LogP contribution in [0.4, 0.5) is 8.78 Å². The van der Waals surface area contributed by atoms with Crippen molar-refractivity contribution in [2.75, 3.05) is 38.5 Å².